The Balaban J connectivity index is 2.29. The van der Waals surface area contributed by atoms with E-state index >= 15 is 0 Å². The Morgan fingerprint density at radius 3 is 2.24 bits per heavy atom. The molecule has 1 aromatic heterocycles. The minimum absolute atomic E-state index is 0.0414. The Hall–Kier alpha value is -3.09. The molecule has 5 atom stereocenters. The maximum Gasteiger partial charge on any atom is 0.328 e. The predicted molar refractivity (Wildman–Crippen MR) is 143 cm³/mol. The molecule has 0 aliphatic carbocycles. The highest BCUT2D eigenvalue weighted by Gasteiger charge is 2.33. The van der Waals surface area contributed by atoms with Crippen molar-refractivity contribution in [1.82, 2.24) is 20.9 Å². The number of hydrogen-bond acceptors (Lipinski definition) is 7. The third-order valence-electron chi connectivity index (χ3n) is 5.99. The Kier molecular flexibility index (Phi) is 11.4. The zero-order valence-electron chi connectivity index (χ0n) is 21.5. The fourth-order valence-electron chi connectivity index (χ4n) is 3.80. The van der Waals surface area contributed by atoms with Gasteiger partial charge in [-0.1, -0.05) is 32.0 Å². The number of carboxylic acids is 1. The van der Waals surface area contributed by atoms with Gasteiger partial charge in [-0.05, 0) is 42.9 Å². The quantitative estimate of drug-likeness (QED) is 0.181. The second-order valence-corrected chi connectivity index (χ2v) is 10.3. The van der Waals surface area contributed by atoms with Gasteiger partial charge in [-0.2, -0.15) is 11.8 Å². The van der Waals surface area contributed by atoms with Gasteiger partial charge >= 0.3 is 5.97 Å². The molecule has 204 valence electrons. The van der Waals surface area contributed by atoms with Crippen molar-refractivity contribution in [2.75, 3.05) is 12.0 Å². The summed E-state index contributed by atoms with van der Waals surface area (Å²) in [6, 6.07) is 2.92. The number of nitrogens with one attached hydrogen (secondary N) is 4. The van der Waals surface area contributed by atoms with Crippen molar-refractivity contribution in [1.29, 1.82) is 0 Å². The zero-order valence-corrected chi connectivity index (χ0v) is 22.3. The van der Waals surface area contributed by atoms with Crippen LogP contribution in [0.2, 0.25) is 0 Å². The van der Waals surface area contributed by atoms with Crippen LogP contribution in [0, 0.1) is 5.92 Å². The van der Waals surface area contributed by atoms with Crippen LogP contribution >= 0.6 is 11.8 Å². The van der Waals surface area contributed by atoms with Gasteiger partial charge in [0.1, 0.15) is 12.1 Å². The molecule has 0 aliphatic rings. The molecule has 12 heteroatoms. The molecular weight excluding hydrogens is 498 g/mol. The molecule has 0 fully saturated rings. The van der Waals surface area contributed by atoms with Gasteiger partial charge in [-0.25, -0.2) is 4.79 Å². The molecule has 0 spiro atoms. The highest BCUT2D eigenvalue weighted by atomic mass is 32.2. The number of carbonyl (C=O) groups excluding carboxylic acids is 3. The van der Waals surface area contributed by atoms with Gasteiger partial charge < -0.3 is 36.9 Å². The molecule has 1 aromatic carbocycles. The number of nitrogens with two attached hydrogens (primary N) is 1. The van der Waals surface area contributed by atoms with Crippen LogP contribution in [0.15, 0.2) is 30.5 Å². The van der Waals surface area contributed by atoms with Gasteiger partial charge in [0.25, 0.3) is 0 Å². The van der Waals surface area contributed by atoms with E-state index in [1.807, 2.05) is 30.5 Å². The van der Waals surface area contributed by atoms with Crippen LogP contribution in [0.25, 0.3) is 10.9 Å². The number of benzene rings is 1. The van der Waals surface area contributed by atoms with Gasteiger partial charge in [0.15, 0.2) is 6.04 Å². The fourth-order valence-corrected chi connectivity index (χ4v) is 4.29. The number of aliphatic hydroxyl groups is 1. The van der Waals surface area contributed by atoms with Crippen LogP contribution in [-0.2, 0) is 25.6 Å². The number of hydrogen-bond donors (Lipinski definition) is 7. The van der Waals surface area contributed by atoms with Crippen LogP contribution in [0.4, 0.5) is 0 Å². The molecular formula is C25H37N5O6S. The molecule has 0 saturated carbocycles. The number of aliphatic hydroxyl groups excluding tert-OH is 1. The maximum absolute atomic E-state index is 13.3. The molecule has 2 rings (SSSR count). The van der Waals surface area contributed by atoms with E-state index in [1.165, 1.54) is 6.92 Å². The number of aromatic nitrogens is 1. The smallest absolute Gasteiger partial charge is 0.328 e. The van der Waals surface area contributed by atoms with Crippen molar-refractivity contribution in [3.05, 3.63) is 36.0 Å². The SMILES string of the molecule is CSCCC(N)C(=O)NC(C(=O)NC(Cc1c[nH]c2ccccc12)C(=O)NC(C(=O)O)C(C)O)C(C)C. The predicted octanol–water partition coefficient (Wildman–Crippen LogP) is 0.367. The van der Waals surface area contributed by atoms with E-state index in [0.717, 1.165) is 16.5 Å². The normalized spacial score (nSPS) is 15.4. The van der Waals surface area contributed by atoms with E-state index in [4.69, 9.17) is 5.73 Å². The molecule has 2 aromatic rings. The Labute approximate surface area is 220 Å². The van der Waals surface area contributed by atoms with E-state index in [0.29, 0.717) is 12.2 Å². The lowest BCUT2D eigenvalue weighted by Crippen LogP contribution is -2.59. The number of aromatic amines is 1. The van der Waals surface area contributed by atoms with Gasteiger partial charge in [0, 0.05) is 23.5 Å². The fraction of sp³-hybridized carbons (Fsp3) is 0.520. The minimum Gasteiger partial charge on any atom is -0.480 e. The van der Waals surface area contributed by atoms with Crippen molar-refractivity contribution in [2.24, 2.45) is 11.7 Å². The standard InChI is InChI=1S/C25H37N5O6S/c1-13(2)20(29-22(32)17(26)9-10-37-4)24(34)28-19(23(33)30-21(14(3)31)25(35)36)11-15-12-27-18-8-6-5-7-16(15)18/h5-8,12-14,17,19-21,27,31H,9-11,26H2,1-4H3,(H,28,34)(H,29,32)(H,30,33)(H,35,36). The molecule has 5 unspecified atom stereocenters. The summed E-state index contributed by atoms with van der Waals surface area (Å²) in [7, 11) is 0. The second kappa shape index (κ2) is 14.0. The van der Waals surface area contributed by atoms with Crippen LogP contribution < -0.4 is 21.7 Å². The highest BCUT2D eigenvalue weighted by molar-refractivity contribution is 7.98. The van der Waals surface area contributed by atoms with Crippen LogP contribution in [0.5, 0.6) is 0 Å². The lowest BCUT2D eigenvalue weighted by atomic mass is 10.00. The van der Waals surface area contributed by atoms with Crippen molar-refractivity contribution < 1.29 is 29.4 Å². The van der Waals surface area contributed by atoms with Crippen molar-refractivity contribution in [3.63, 3.8) is 0 Å². The number of aliphatic carboxylic acids is 1. The van der Waals surface area contributed by atoms with Crippen molar-refractivity contribution in [2.45, 2.75) is 63.9 Å². The molecule has 0 radical (unpaired) electrons. The first-order chi connectivity index (χ1) is 17.5. The van der Waals surface area contributed by atoms with E-state index < -0.39 is 54.0 Å². The molecule has 0 saturated heterocycles. The van der Waals surface area contributed by atoms with Gasteiger partial charge in [-0.15, -0.1) is 0 Å². The third-order valence-corrected chi connectivity index (χ3v) is 6.64. The number of para-hydroxylation sites is 1. The summed E-state index contributed by atoms with van der Waals surface area (Å²) in [6.45, 7) is 4.75. The number of thioether (sulfide) groups is 1. The number of H-pyrrole nitrogens is 1. The zero-order chi connectivity index (χ0) is 27.7. The Bertz CT molecular complexity index is 1090. The number of fused-ring (bicyclic) bond motifs is 1. The molecule has 0 aliphatic heterocycles. The third kappa shape index (κ3) is 8.48. The van der Waals surface area contributed by atoms with E-state index in [9.17, 15) is 29.4 Å². The lowest BCUT2D eigenvalue weighted by Gasteiger charge is -2.27. The average Bonchev–Trinajstić information content (AvgIpc) is 3.25. The summed E-state index contributed by atoms with van der Waals surface area (Å²) in [4.78, 5) is 53.7. The van der Waals surface area contributed by atoms with Gasteiger partial charge in [0.2, 0.25) is 17.7 Å². The molecule has 37 heavy (non-hydrogen) atoms. The highest BCUT2D eigenvalue weighted by Crippen LogP contribution is 2.19. The summed E-state index contributed by atoms with van der Waals surface area (Å²) in [5.74, 6) is -2.90. The first-order valence-electron chi connectivity index (χ1n) is 12.1. The molecule has 1 heterocycles. The molecule has 3 amide bonds. The van der Waals surface area contributed by atoms with Crippen LogP contribution in [0.3, 0.4) is 0 Å². The number of amides is 3. The largest absolute Gasteiger partial charge is 0.480 e. The number of rotatable bonds is 14. The van der Waals surface area contributed by atoms with Crippen LogP contribution in [0.1, 0.15) is 32.8 Å². The van der Waals surface area contributed by atoms with Crippen molar-refractivity contribution >= 4 is 46.4 Å². The summed E-state index contributed by atoms with van der Waals surface area (Å²) in [5, 5.41) is 27.7. The minimum atomic E-state index is -1.56. The first kappa shape index (κ1) is 30.1. The number of carbonyl (C=O) groups is 4. The molecule has 0 bridgehead atoms. The van der Waals surface area contributed by atoms with E-state index in [2.05, 4.69) is 20.9 Å². The van der Waals surface area contributed by atoms with E-state index in [1.54, 1.807) is 31.8 Å². The van der Waals surface area contributed by atoms with Gasteiger partial charge in [0.05, 0.1) is 12.1 Å². The van der Waals surface area contributed by atoms with Crippen LogP contribution in [-0.4, -0.2) is 81.2 Å². The maximum atomic E-state index is 13.3. The summed E-state index contributed by atoms with van der Waals surface area (Å²) < 4.78 is 0. The van der Waals surface area contributed by atoms with Gasteiger partial charge in [-0.3, -0.25) is 14.4 Å². The van der Waals surface area contributed by atoms with E-state index in [-0.39, 0.29) is 12.3 Å². The Morgan fingerprint density at radius 1 is 1.00 bits per heavy atom. The lowest BCUT2D eigenvalue weighted by molar-refractivity contribution is -0.145. The topological polar surface area (TPSA) is 187 Å². The van der Waals surface area contributed by atoms with Crippen molar-refractivity contribution in [3.8, 4) is 0 Å². The average molecular weight is 536 g/mol. The summed E-state index contributed by atoms with van der Waals surface area (Å²) >= 11 is 1.56. The monoisotopic (exact) mass is 535 g/mol. The summed E-state index contributed by atoms with van der Waals surface area (Å²) in [5.41, 5.74) is 7.51. The Morgan fingerprint density at radius 2 is 1.65 bits per heavy atom. The summed E-state index contributed by atoms with van der Waals surface area (Å²) in [6.07, 6.45) is 2.74. The molecule has 11 nitrogen and oxygen atoms in total. The second-order valence-electron chi connectivity index (χ2n) is 9.31. The first-order valence-corrected chi connectivity index (χ1v) is 13.5. The molecule has 8 N–H and O–H groups in total. The number of carboxylic acid groups (broad SMARTS) is 1.